The minimum absolute atomic E-state index is 0.126. The molecular weight excluding hydrogens is 285 g/mol. The Balaban J connectivity index is 1.63. The largest absolute Gasteiger partial charge is 0.352 e. The number of hydrogen-bond donors (Lipinski definition) is 3. The molecule has 3 N–H and O–H groups in total. The average molecular weight is 299 g/mol. The first-order valence-electron chi connectivity index (χ1n) is 6.82. The van der Waals surface area contributed by atoms with Gasteiger partial charge in [0, 0.05) is 6.54 Å². The quantitative estimate of drug-likeness (QED) is 0.687. The van der Waals surface area contributed by atoms with Crippen molar-refractivity contribution in [1.82, 2.24) is 15.3 Å². The lowest BCUT2D eigenvalue weighted by Gasteiger charge is -2.06. The third-order valence-electron chi connectivity index (χ3n) is 3.32. The number of halogens is 1. The average Bonchev–Trinajstić information content (AvgIpc) is 2.84. The highest BCUT2D eigenvalue weighted by Crippen LogP contribution is 2.10. The van der Waals surface area contributed by atoms with Gasteiger partial charge in [-0.05, 0) is 35.4 Å². The van der Waals surface area contributed by atoms with Crippen LogP contribution in [0.3, 0.4) is 0 Å². The van der Waals surface area contributed by atoms with Crippen LogP contribution in [0.5, 0.6) is 0 Å². The van der Waals surface area contributed by atoms with E-state index in [9.17, 15) is 14.0 Å². The lowest BCUT2D eigenvalue weighted by molar-refractivity contribution is -0.120. The van der Waals surface area contributed by atoms with Gasteiger partial charge in [0.05, 0.1) is 17.5 Å². The Labute approximate surface area is 125 Å². The van der Waals surface area contributed by atoms with Gasteiger partial charge >= 0.3 is 5.69 Å². The zero-order valence-corrected chi connectivity index (χ0v) is 11.7. The Kier molecular flexibility index (Phi) is 3.74. The molecule has 0 spiro atoms. The standard InChI is InChI=1S/C16H14FN3O2/c17-12-3-1-2-10(6-12)8-15(21)18-9-11-4-5-13-14(7-11)20-16(22)19-13/h1-7H,8-9H2,(H,18,21)(H2,19,20,22). The molecule has 0 unspecified atom stereocenters. The van der Waals surface area contributed by atoms with Gasteiger partial charge in [0.1, 0.15) is 5.82 Å². The van der Waals surface area contributed by atoms with Gasteiger partial charge in [0.25, 0.3) is 0 Å². The maximum atomic E-state index is 13.1. The molecule has 3 aromatic rings. The Bertz CT molecular complexity index is 882. The molecular formula is C16H14FN3O2. The maximum Gasteiger partial charge on any atom is 0.323 e. The molecule has 5 nitrogen and oxygen atoms in total. The fourth-order valence-corrected chi connectivity index (χ4v) is 2.29. The molecule has 0 aliphatic heterocycles. The molecule has 0 bridgehead atoms. The summed E-state index contributed by atoms with van der Waals surface area (Å²) in [5, 5.41) is 2.77. The number of benzene rings is 2. The zero-order valence-electron chi connectivity index (χ0n) is 11.7. The second kappa shape index (κ2) is 5.85. The number of imidazole rings is 1. The molecule has 6 heteroatoms. The summed E-state index contributed by atoms with van der Waals surface area (Å²) in [6.45, 7) is 0.345. The van der Waals surface area contributed by atoms with Crippen molar-refractivity contribution in [1.29, 1.82) is 0 Å². The van der Waals surface area contributed by atoms with Crippen molar-refractivity contribution in [2.24, 2.45) is 0 Å². The van der Waals surface area contributed by atoms with E-state index in [1.807, 2.05) is 6.07 Å². The van der Waals surface area contributed by atoms with Gasteiger partial charge in [-0.1, -0.05) is 18.2 Å². The fourth-order valence-electron chi connectivity index (χ4n) is 2.29. The second-order valence-corrected chi connectivity index (χ2v) is 5.04. The van der Waals surface area contributed by atoms with Crippen molar-refractivity contribution < 1.29 is 9.18 Å². The van der Waals surface area contributed by atoms with Crippen LogP contribution in [0.1, 0.15) is 11.1 Å². The molecule has 112 valence electrons. The molecule has 2 aromatic carbocycles. The van der Waals surface area contributed by atoms with Gasteiger partial charge in [-0.3, -0.25) is 4.79 Å². The minimum atomic E-state index is -0.354. The Morgan fingerprint density at radius 2 is 1.86 bits per heavy atom. The van der Waals surface area contributed by atoms with E-state index in [2.05, 4.69) is 15.3 Å². The van der Waals surface area contributed by atoms with Crippen LogP contribution < -0.4 is 11.0 Å². The van der Waals surface area contributed by atoms with E-state index in [-0.39, 0.29) is 23.8 Å². The molecule has 0 aliphatic carbocycles. The van der Waals surface area contributed by atoms with Gasteiger partial charge in [0.15, 0.2) is 0 Å². The normalized spacial score (nSPS) is 10.8. The highest BCUT2D eigenvalue weighted by molar-refractivity contribution is 5.79. The van der Waals surface area contributed by atoms with Crippen molar-refractivity contribution >= 4 is 16.9 Å². The first-order chi connectivity index (χ1) is 10.6. The van der Waals surface area contributed by atoms with Gasteiger partial charge in [-0.25, -0.2) is 9.18 Å². The summed E-state index contributed by atoms with van der Waals surface area (Å²) >= 11 is 0. The number of H-pyrrole nitrogens is 2. The molecule has 0 saturated carbocycles. The summed E-state index contributed by atoms with van der Waals surface area (Å²) in [6, 6.07) is 11.4. The van der Waals surface area contributed by atoms with E-state index in [0.29, 0.717) is 17.6 Å². The first kappa shape index (κ1) is 14.1. The summed E-state index contributed by atoms with van der Waals surface area (Å²) in [5.41, 5.74) is 2.65. The number of carbonyl (C=O) groups is 1. The number of hydrogen-bond acceptors (Lipinski definition) is 2. The molecule has 1 aromatic heterocycles. The van der Waals surface area contributed by atoms with Crippen LogP contribution >= 0.6 is 0 Å². The third kappa shape index (κ3) is 3.22. The molecule has 0 aliphatic rings. The summed E-state index contributed by atoms with van der Waals surface area (Å²) < 4.78 is 13.1. The zero-order chi connectivity index (χ0) is 15.5. The van der Waals surface area contributed by atoms with Gasteiger partial charge < -0.3 is 15.3 Å². The molecule has 1 amide bonds. The lowest BCUT2D eigenvalue weighted by Crippen LogP contribution is -2.24. The van der Waals surface area contributed by atoms with E-state index < -0.39 is 0 Å². The first-order valence-corrected chi connectivity index (χ1v) is 6.82. The molecule has 0 fully saturated rings. The number of amides is 1. The molecule has 3 rings (SSSR count). The minimum Gasteiger partial charge on any atom is -0.352 e. The predicted octanol–water partition coefficient (Wildman–Crippen LogP) is 1.85. The molecule has 0 radical (unpaired) electrons. The number of nitrogens with one attached hydrogen (secondary N) is 3. The van der Waals surface area contributed by atoms with E-state index in [0.717, 1.165) is 11.1 Å². The number of fused-ring (bicyclic) bond motifs is 1. The third-order valence-corrected chi connectivity index (χ3v) is 3.32. The summed E-state index contributed by atoms with van der Waals surface area (Å²) in [4.78, 5) is 28.4. The van der Waals surface area contributed by atoms with Crippen LogP contribution in [0.15, 0.2) is 47.3 Å². The number of aromatic nitrogens is 2. The number of rotatable bonds is 4. The van der Waals surface area contributed by atoms with Crippen LogP contribution in [-0.4, -0.2) is 15.9 Å². The fraction of sp³-hybridized carbons (Fsp3) is 0.125. The molecule has 22 heavy (non-hydrogen) atoms. The Hall–Kier alpha value is -2.89. The van der Waals surface area contributed by atoms with Crippen molar-refractivity contribution in [3.63, 3.8) is 0 Å². The van der Waals surface area contributed by atoms with E-state index in [1.165, 1.54) is 12.1 Å². The topological polar surface area (TPSA) is 77.8 Å². The van der Waals surface area contributed by atoms with Crippen LogP contribution in [-0.2, 0) is 17.8 Å². The van der Waals surface area contributed by atoms with Crippen molar-refractivity contribution in [3.05, 3.63) is 69.9 Å². The maximum absolute atomic E-state index is 13.1. The van der Waals surface area contributed by atoms with Crippen molar-refractivity contribution in [3.8, 4) is 0 Å². The van der Waals surface area contributed by atoms with Crippen molar-refractivity contribution in [2.75, 3.05) is 0 Å². The van der Waals surface area contributed by atoms with E-state index >= 15 is 0 Å². The SMILES string of the molecule is O=C(Cc1cccc(F)c1)NCc1ccc2[nH]c(=O)[nH]c2c1. The second-order valence-electron chi connectivity index (χ2n) is 5.04. The monoisotopic (exact) mass is 299 g/mol. The van der Waals surface area contributed by atoms with Gasteiger partial charge in [-0.2, -0.15) is 0 Å². The molecule has 1 heterocycles. The Morgan fingerprint density at radius 1 is 1.05 bits per heavy atom. The number of aromatic amines is 2. The summed E-state index contributed by atoms with van der Waals surface area (Å²) in [7, 11) is 0. The lowest BCUT2D eigenvalue weighted by atomic mass is 10.1. The predicted molar refractivity (Wildman–Crippen MR) is 80.9 cm³/mol. The highest BCUT2D eigenvalue weighted by atomic mass is 19.1. The van der Waals surface area contributed by atoms with E-state index in [4.69, 9.17) is 0 Å². The summed E-state index contributed by atoms with van der Waals surface area (Å²) in [5.74, 6) is -0.541. The van der Waals surface area contributed by atoms with Crippen LogP contribution in [0.4, 0.5) is 4.39 Å². The van der Waals surface area contributed by atoms with Crippen LogP contribution in [0.2, 0.25) is 0 Å². The van der Waals surface area contributed by atoms with Gasteiger partial charge in [0.2, 0.25) is 5.91 Å². The van der Waals surface area contributed by atoms with Crippen molar-refractivity contribution in [2.45, 2.75) is 13.0 Å². The summed E-state index contributed by atoms with van der Waals surface area (Å²) in [6.07, 6.45) is 0.126. The molecule has 0 atom stereocenters. The highest BCUT2D eigenvalue weighted by Gasteiger charge is 2.05. The molecule has 0 saturated heterocycles. The van der Waals surface area contributed by atoms with Gasteiger partial charge in [-0.15, -0.1) is 0 Å². The van der Waals surface area contributed by atoms with Crippen LogP contribution in [0, 0.1) is 5.82 Å². The van der Waals surface area contributed by atoms with Crippen LogP contribution in [0.25, 0.3) is 11.0 Å². The number of carbonyl (C=O) groups excluding carboxylic acids is 1. The van der Waals surface area contributed by atoms with E-state index in [1.54, 1.807) is 24.3 Å². The Morgan fingerprint density at radius 3 is 2.68 bits per heavy atom. The smallest absolute Gasteiger partial charge is 0.323 e.